The van der Waals surface area contributed by atoms with Crippen molar-refractivity contribution in [2.24, 2.45) is 0 Å². The van der Waals surface area contributed by atoms with Crippen molar-refractivity contribution < 1.29 is 43.9 Å². The van der Waals surface area contributed by atoms with Crippen molar-refractivity contribution in [3.63, 3.8) is 0 Å². The third-order valence-corrected chi connectivity index (χ3v) is 2.67. The zero-order valence-electron chi connectivity index (χ0n) is 10.9. The average molecular weight is 356 g/mol. The maximum Gasteiger partial charge on any atom is 0.200 e. The van der Waals surface area contributed by atoms with Crippen LogP contribution in [0.15, 0.2) is 0 Å². The number of hydrogen-bond donors (Lipinski definition) is 0. The Morgan fingerprint density at radius 1 is 0.292 bits per heavy atom. The van der Waals surface area contributed by atoms with Gasteiger partial charge in [-0.2, -0.15) is 0 Å². The monoisotopic (exact) mass is 356 g/mol. The molecule has 124 valence electrons. The molecule has 2 aromatic rings. The zero-order chi connectivity index (χ0) is 18.9. The summed E-state index contributed by atoms with van der Waals surface area (Å²) in [6, 6.07) is 0. The molecule has 0 spiro atoms. The van der Waals surface area contributed by atoms with Gasteiger partial charge in [0.05, 0.1) is 11.1 Å². The summed E-state index contributed by atoms with van der Waals surface area (Å²) < 4.78 is 131. The second-order valence-corrected chi connectivity index (χ2v) is 3.89. The molecule has 0 heterocycles. The first-order valence-electron chi connectivity index (χ1n) is 5.47. The van der Waals surface area contributed by atoms with E-state index in [0.717, 1.165) is 0 Å². The summed E-state index contributed by atoms with van der Waals surface area (Å²) in [6.45, 7) is 0. The van der Waals surface area contributed by atoms with Crippen LogP contribution in [0.1, 0.15) is 0 Å². The van der Waals surface area contributed by atoms with E-state index < -0.39 is 69.3 Å². The van der Waals surface area contributed by atoms with Crippen LogP contribution in [0.2, 0.25) is 0 Å². The molecular weight excluding hydrogens is 356 g/mol. The van der Waals surface area contributed by atoms with Gasteiger partial charge in [-0.05, 0) is 0 Å². The van der Waals surface area contributed by atoms with Gasteiger partial charge in [-0.1, -0.05) is 0 Å². The molecule has 0 aliphatic heterocycles. The summed E-state index contributed by atoms with van der Waals surface area (Å²) >= 11 is 0. The van der Waals surface area contributed by atoms with Crippen LogP contribution in [0.5, 0.6) is 0 Å². The van der Waals surface area contributed by atoms with E-state index in [2.05, 4.69) is 15.5 Å². The molecule has 0 N–H and O–H groups in total. The Labute approximate surface area is 129 Å². The van der Waals surface area contributed by atoms with Crippen LogP contribution in [0, 0.1) is 58.2 Å². The van der Waals surface area contributed by atoms with E-state index in [1.165, 1.54) is 0 Å². The summed E-state index contributed by atoms with van der Waals surface area (Å²) in [7, 11) is 8.00. The van der Waals surface area contributed by atoms with Gasteiger partial charge in [-0.3, -0.25) is 0 Å². The van der Waals surface area contributed by atoms with E-state index in [1.807, 2.05) is 0 Å². The van der Waals surface area contributed by atoms with Crippen LogP contribution >= 0.6 is 0 Å². The summed E-state index contributed by atoms with van der Waals surface area (Å²) in [4.78, 5) is 0. The fourth-order valence-corrected chi connectivity index (χ4v) is 1.65. The molecule has 2 rings (SSSR count). The molecule has 0 nitrogen and oxygen atoms in total. The van der Waals surface area contributed by atoms with Crippen LogP contribution in [-0.4, -0.2) is 15.5 Å². The highest BCUT2D eigenvalue weighted by Crippen LogP contribution is 2.37. The number of rotatable bonds is 1. The highest BCUT2D eigenvalue weighted by Gasteiger charge is 2.34. The van der Waals surface area contributed by atoms with Gasteiger partial charge in [-0.25, -0.2) is 43.9 Å². The van der Waals surface area contributed by atoms with Gasteiger partial charge < -0.3 is 0 Å². The number of hydrogen-bond acceptors (Lipinski definition) is 0. The average Bonchev–Trinajstić information content (AvgIpc) is 2.59. The Bertz CT molecular complexity index is 680. The smallest absolute Gasteiger partial charge is 0.200 e. The van der Waals surface area contributed by atoms with Crippen LogP contribution < -0.4 is 0 Å². The fourth-order valence-electron chi connectivity index (χ4n) is 1.65. The molecule has 0 unspecified atom stereocenters. The molecule has 0 aliphatic carbocycles. The summed E-state index contributed by atoms with van der Waals surface area (Å²) in [6.07, 6.45) is 0. The van der Waals surface area contributed by atoms with E-state index in [-0.39, 0.29) is 0 Å². The van der Waals surface area contributed by atoms with Crippen molar-refractivity contribution in [1.82, 2.24) is 0 Å². The predicted octanol–water partition coefficient (Wildman–Crippen LogP) is 3.98. The van der Waals surface area contributed by atoms with Gasteiger partial charge in [0.25, 0.3) is 0 Å². The Hall–Kier alpha value is -2.13. The van der Waals surface area contributed by atoms with Gasteiger partial charge in [0.2, 0.25) is 11.6 Å². The second-order valence-electron chi connectivity index (χ2n) is 3.89. The predicted molar refractivity (Wildman–Crippen MR) is 63.0 cm³/mol. The van der Waals surface area contributed by atoms with Crippen LogP contribution in [0.25, 0.3) is 11.1 Å². The standard InChI is InChI=1S/C12F10.B2/c13-3-1(4(14)8(18)11(21)7(3)17)2-5(15)9(19)12(22)10(20)6(2)16;1-2. The molecule has 0 aliphatic rings. The molecule has 0 atom stereocenters. The number of halogens is 10. The van der Waals surface area contributed by atoms with Crippen molar-refractivity contribution in [2.45, 2.75) is 0 Å². The summed E-state index contributed by atoms with van der Waals surface area (Å²) in [5.41, 5.74) is -4.52. The van der Waals surface area contributed by atoms with Crippen molar-refractivity contribution in [3.8, 4) is 11.1 Å². The maximum atomic E-state index is 13.4. The Morgan fingerprint density at radius 3 is 0.583 bits per heavy atom. The lowest BCUT2D eigenvalue weighted by atomic mass is 9.81. The minimum Gasteiger partial charge on any atom is -0.203 e. The lowest BCUT2D eigenvalue weighted by molar-refractivity contribution is 0.370. The SMILES string of the molecule is Fc1c(F)c(F)c(-c2c(F)c(F)c(F)c(F)c2F)c(F)c1F.[B][B]. The van der Waals surface area contributed by atoms with Crippen molar-refractivity contribution >= 4 is 15.5 Å². The highest BCUT2D eigenvalue weighted by atomic mass is 19.2. The van der Waals surface area contributed by atoms with Crippen molar-refractivity contribution in [3.05, 3.63) is 58.2 Å². The molecule has 0 bridgehead atoms. The maximum absolute atomic E-state index is 13.4. The molecule has 24 heavy (non-hydrogen) atoms. The molecule has 12 heteroatoms. The molecule has 2 aromatic carbocycles. The number of benzene rings is 2. The topological polar surface area (TPSA) is 0 Å². The molecule has 4 radical (unpaired) electrons. The Kier molecular flexibility index (Phi) is 5.96. The first-order chi connectivity index (χ1) is 11.1. The Balaban J connectivity index is 0.00000139. The molecule has 0 saturated carbocycles. The molecule has 0 amide bonds. The third kappa shape index (κ3) is 2.84. The summed E-state index contributed by atoms with van der Waals surface area (Å²) in [5.74, 6) is -26.6. The first kappa shape index (κ1) is 19.9. The van der Waals surface area contributed by atoms with Gasteiger partial charge in [0.1, 0.15) is 0 Å². The van der Waals surface area contributed by atoms with Gasteiger partial charge >= 0.3 is 0 Å². The van der Waals surface area contributed by atoms with Crippen LogP contribution in [-0.2, 0) is 0 Å². The van der Waals surface area contributed by atoms with Gasteiger partial charge in [-0.15, -0.1) is 0 Å². The first-order valence-corrected chi connectivity index (χ1v) is 5.47. The second kappa shape index (κ2) is 7.18. The van der Waals surface area contributed by atoms with Crippen LogP contribution in [0.4, 0.5) is 43.9 Å². The van der Waals surface area contributed by atoms with E-state index in [1.54, 1.807) is 0 Å². The third-order valence-electron chi connectivity index (χ3n) is 2.67. The fraction of sp³-hybridized carbons (Fsp3) is 0. The van der Waals surface area contributed by atoms with E-state index >= 15 is 0 Å². The van der Waals surface area contributed by atoms with Gasteiger partial charge in [0, 0.05) is 15.5 Å². The van der Waals surface area contributed by atoms with Crippen molar-refractivity contribution in [2.75, 3.05) is 0 Å². The molecule has 0 saturated heterocycles. The van der Waals surface area contributed by atoms with Crippen LogP contribution in [0.3, 0.4) is 0 Å². The molecule has 0 fully saturated rings. The van der Waals surface area contributed by atoms with E-state index in [0.29, 0.717) is 0 Å². The normalized spacial score (nSPS) is 10.4. The summed E-state index contributed by atoms with van der Waals surface area (Å²) in [5, 5.41) is 0. The lowest BCUT2D eigenvalue weighted by Crippen LogP contribution is -2.10. The van der Waals surface area contributed by atoms with E-state index in [4.69, 9.17) is 0 Å². The van der Waals surface area contributed by atoms with Gasteiger partial charge in [0.15, 0.2) is 46.5 Å². The minimum atomic E-state index is -2.68. The van der Waals surface area contributed by atoms with E-state index in [9.17, 15) is 43.9 Å². The zero-order valence-corrected chi connectivity index (χ0v) is 10.9. The quantitative estimate of drug-likeness (QED) is 0.314. The molecular formula is C12B2F10. The lowest BCUT2D eigenvalue weighted by Gasteiger charge is -2.11. The van der Waals surface area contributed by atoms with Crippen molar-refractivity contribution in [1.29, 1.82) is 0 Å². The highest BCUT2D eigenvalue weighted by molar-refractivity contribution is 6.75. The Morgan fingerprint density at radius 2 is 0.417 bits per heavy atom. The largest absolute Gasteiger partial charge is 0.203 e. The minimum absolute atomic E-state index is 2.26. The molecule has 0 aromatic heterocycles.